The third kappa shape index (κ3) is 8.20. The number of benzene rings is 1. The van der Waals surface area contributed by atoms with Crippen LogP contribution in [0.4, 0.5) is 0 Å². The van der Waals surface area contributed by atoms with Gasteiger partial charge in [0.15, 0.2) is 0 Å². The van der Waals surface area contributed by atoms with Crippen molar-refractivity contribution in [1.82, 2.24) is 5.48 Å². The molecule has 0 aliphatic heterocycles. The average molecular weight is 492 g/mol. The standard InChI is InChI=1S/C13H16NO.3C4H9.Sn/c1-11-6-5-9-13(11)14-15-10-12-7-3-2-4-8-12;3*1-3-4-2;/h2-4,6-8,13-14H,1,5,9-10H2;3*1,3-4H2,2H3;. The maximum atomic E-state index is 5.92. The van der Waals surface area contributed by atoms with Gasteiger partial charge >= 0.3 is 179 Å². The van der Waals surface area contributed by atoms with Crippen molar-refractivity contribution in [2.45, 2.75) is 103 Å². The van der Waals surface area contributed by atoms with Crippen molar-refractivity contribution in [3.63, 3.8) is 0 Å². The first-order valence-corrected chi connectivity index (χ1v) is 19.9. The summed E-state index contributed by atoms with van der Waals surface area (Å²) >= 11 is -2.12. The Morgan fingerprint density at radius 3 is 2.11 bits per heavy atom. The van der Waals surface area contributed by atoms with E-state index in [9.17, 15) is 0 Å². The third-order valence-electron chi connectivity index (χ3n) is 6.38. The molecular formula is C25H43NOSn. The van der Waals surface area contributed by atoms with E-state index < -0.39 is 18.4 Å². The van der Waals surface area contributed by atoms with E-state index in [1.54, 1.807) is 18.9 Å². The van der Waals surface area contributed by atoms with Gasteiger partial charge < -0.3 is 0 Å². The molecule has 0 aromatic heterocycles. The molecule has 1 unspecified atom stereocenters. The summed E-state index contributed by atoms with van der Waals surface area (Å²) in [5, 5.41) is 0. The van der Waals surface area contributed by atoms with Gasteiger partial charge in [0.1, 0.15) is 0 Å². The topological polar surface area (TPSA) is 21.3 Å². The molecule has 0 saturated heterocycles. The van der Waals surface area contributed by atoms with E-state index in [0.717, 1.165) is 0 Å². The zero-order valence-electron chi connectivity index (χ0n) is 18.6. The van der Waals surface area contributed by atoms with Gasteiger partial charge in [-0.3, -0.25) is 0 Å². The van der Waals surface area contributed by atoms with Crippen LogP contribution in [-0.2, 0) is 11.4 Å². The van der Waals surface area contributed by atoms with Crippen LogP contribution in [0, 0.1) is 0 Å². The Balaban J connectivity index is 1.96. The second-order valence-electron chi connectivity index (χ2n) is 8.79. The zero-order valence-corrected chi connectivity index (χ0v) is 21.5. The van der Waals surface area contributed by atoms with E-state index in [-0.39, 0.29) is 0 Å². The number of rotatable bonds is 15. The van der Waals surface area contributed by atoms with Crippen molar-refractivity contribution in [2.75, 3.05) is 0 Å². The van der Waals surface area contributed by atoms with Crippen LogP contribution in [0.15, 0.2) is 42.0 Å². The summed E-state index contributed by atoms with van der Waals surface area (Å²) in [7, 11) is 0. The van der Waals surface area contributed by atoms with Crippen LogP contribution in [-0.4, -0.2) is 24.4 Å². The quantitative estimate of drug-likeness (QED) is 0.154. The number of unbranched alkanes of at least 4 members (excludes halogenated alkanes) is 3. The maximum absolute atomic E-state index is 5.92. The second kappa shape index (κ2) is 13.8. The molecule has 0 amide bonds. The van der Waals surface area contributed by atoms with Gasteiger partial charge in [0, 0.05) is 0 Å². The summed E-state index contributed by atoms with van der Waals surface area (Å²) in [5.41, 5.74) is 6.37. The number of hydrogen-bond acceptors (Lipinski definition) is 2. The average Bonchev–Trinajstić information content (AvgIpc) is 3.16. The molecule has 3 heteroatoms. The van der Waals surface area contributed by atoms with E-state index in [2.05, 4.69) is 62.7 Å². The van der Waals surface area contributed by atoms with Crippen LogP contribution in [0.5, 0.6) is 0 Å². The SMILES string of the molecule is CCC[CH2][Sn]([CH2]CCC)([CH2]CCC)[CH2]C1=CCCC1NOCc1ccccc1. The molecule has 1 aliphatic carbocycles. The Bertz CT molecular complexity index is 535. The predicted octanol–water partition coefficient (Wildman–Crippen LogP) is 7.65. The van der Waals surface area contributed by atoms with E-state index in [0.29, 0.717) is 12.6 Å². The number of hydrogen-bond donors (Lipinski definition) is 1. The van der Waals surface area contributed by atoms with Crippen LogP contribution in [0.1, 0.15) is 77.7 Å². The predicted molar refractivity (Wildman–Crippen MR) is 125 cm³/mol. The second-order valence-corrected chi connectivity index (χ2v) is 22.6. The Kier molecular flexibility index (Phi) is 11.8. The number of nitrogens with one attached hydrogen (secondary N) is 1. The van der Waals surface area contributed by atoms with Gasteiger partial charge in [-0.15, -0.1) is 0 Å². The van der Waals surface area contributed by atoms with Gasteiger partial charge in [-0.1, -0.05) is 0 Å². The molecule has 0 fully saturated rings. The summed E-state index contributed by atoms with van der Waals surface area (Å²) in [6, 6.07) is 10.9. The van der Waals surface area contributed by atoms with Crippen LogP contribution in [0.25, 0.3) is 0 Å². The Morgan fingerprint density at radius 1 is 0.929 bits per heavy atom. The summed E-state index contributed by atoms with van der Waals surface area (Å²) in [5.74, 6) is 0. The Morgan fingerprint density at radius 2 is 1.54 bits per heavy atom. The summed E-state index contributed by atoms with van der Waals surface area (Å²) in [6.45, 7) is 7.76. The third-order valence-corrected chi connectivity index (χ3v) is 21.8. The van der Waals surface area contributed by atoms with Crippen molar-refractivity contribution in [2.24, 2.45) is 0 Å². The summed E-state index contributed by atoms with van der Waals surface area (Å²) in [4.78, 5) is 5.92. The fraction of sp³-hybridized carbons (Fsp3) is 0.680. The van der Waals surface area contributed by atoms with Crippen molar-refractivity contribution in [1.29, 1.82) is 0 Å². The van der Waals surface area contributed by atoms with Gasteiger partial charge in [0.25, 0.3) is 0 Å². The number of allylic oxidation sites excluding steroid dienone is 1. The number of hydroxylamine groups is 1. The van der Waals surface area contributed by atoms with Gasteiger partial charge in [-0.2, -0.15) is 0 Å². The molecule has 0 heterocycles. The monoisotopic (exact) mass is 493 g/mol. The summed E-state index contributed by atoms with van der Waals surface area (Å²) < 4.78 is 6.27. The molecule has 2 rings (SSSR count). The summed E-state index contributed by atoms with van der Waals surface area (Å²) in [6.07, 6.45) is 13.4. The van der Waals surface area contributed by atoms with Crippen LogP contribution < -0.4 is 5.48 Å². The zero-order chi connectivity index (χ0) is 20.1. The minimum atomic E-state index is -2.12. The van der Waals surface area contributed by atoms with E-state index in [4.69, 9.17) is 4.84 Å². The van der Waals surface area contributed by atoms with E-state index in [1.165, 1.54) is 61.4 Å². The molecule has 2 nitrogen and oxygen atoms in total. The molecule has 0 saturated carbocycles. The molecule has 0 bridgehead atoms. The molecule has 1 aromatic carbocycles. The Labute approximate surface area is 178 Å². The normalized spacial score (nSPS) is 17.1. The molecule has 1 N–H and O–H groups in total. The molecule has 158 valence electrons. The van der Waals surface area contributed by atoms with Crippen LogP contribution in [0.3, 0.4) is 0 Å². The van der Waals surface area contributed by atoms with Gasteiger partial charge in [0.2, 0.25) is 0 Å². The fourth-order valence-electron chi connectivity index (χ4n) is 4.62. The molecule has 1 aliphatic rings. The Hall–Kier alpha value is -0.321. The van der Waals surface area contributed by atoms with Gasteiger partial charge in [0.05, 0.1) is 0 Å². The van der Waals surface area contributed by atoms with Crippen molar-refractivity contribution >= 4 is 18.4 Å². The first kappa shape index (κ1) is 24.0. The molecular weight excluding hydrogens is 449 g/mol. The van der Waals surface area contributed by atoms with Crippen molar-refractivity contribution < 1.29 is 4.84 Å². The van der Waals surface area contributed by atoms with E-state index in [1.807, 2.05) is 0 Å². The van der Waals surface area contributed by atoms with Crippen LogP contribution >= 0.6 is 0 Å². The van der Waals surface area contributed by atoms with E-state index >= 15 is 0 Å². The fourth-order valence-corrected chi connectivity index (χ4v) is 21.3. The molecule has 0 spiro atoms. The van der Waals surface area contributed by atoms with Gasteiger partial charge in [-0.05, 0) is 0 Å². The molecule has 28 heavy (non-hydrogen) atoms. The van der Waals surface area contributed by atoms with Crippen LogP contribution in [0.2, 0.25) is 17.7 Å². The molecule has 1 atom stereocenters. The molecule has 1 aromatic rings. The van der Waals surface area contributed by atoms with Gasteiger partial charge in [-0.25, -0.2) is 0 Å². The first-order chi connectivity index (χ1) is 13.7. The minimum absolute atomic E-state index is 0.449. The van der Waals surface area contributed by atoms with Crippen molar-refractivity contribution in [3.8, 4) is 0 Å². The van der Waals surface area contributed by atoms with Crippen molar-refractivity contribution in [3.05, 3.63) is 47.5 Å². The first-order valence-electron chi connectivity index (χ1n) is 11.8. The molecule has 0 radical (unpaired) electrons.